The predicted molar refractivity (Wildman–Crippen MR) is 104 cm³/mol. The molecule has 142 valence electrons. The first kappa shape index (κ1) is 19.4. The molecule has 0 fully saturated rings. The zero-order chi connectivity index (χ0) is 19.4. The van der Waals surface area contributed by atoms with Crippen LogP contribution >= 0.6 is 11.6 Å². The lowest BCUT2D eigenvalue weighted by Crippen LogP contribution is -2.39. The van der Waals surface area contributed by atoms with Gasteiger partial charge in [0.15, 0.2) is 6.10 Å². The van der Waals surface area contributed by atoms with E-state index < -0.39 is 0 Å². The lowest BCUT2D eigenvalue weighted by atomic mass is 10.0. The van der Waals surface area contributed by atoms with E-state index in [1.54, 1.807) is 35.2 Å². The van der Waals surface area contributed by atoms with E-state index in [1.165, 1.54) is 6.07 Å². The average Bonchev–Trinajstić information content (AvgIpc) is 3.11. The Balaban J connectivity index is 1.69. The van der Waals surface area contributed by atoms with Crippen LogP contribution in [0, 0.1) is 11.7 Å². The molecule has 0 saturated heterocycles. The Hall–Kier alpha value is -2.40. The largest absolute Gasteiger partial charge is 0.390 e. The molecule has 2 aromatic rings. The van der Waals surface area contributed by atoms with E-state index in [4.69, 9.17) is 16.4 Å². The van der Waals surface area contributed by atoms with Gasteiger partial charge in [-0.25, -0.2) is 4.39 Å². The molecule has 0 aromatic heterocycles. The second-order valence-corrected chi connectivity index (χ2v) is 7.38. The predicted octanol–water partition coefficient (Wildman–Crippen LogP) is 4.66. The molecule has 0 bridgehead atoms. The van der Waals surface area contributed by atoms with Gasteiger partial charge in [-0.05, 0) is 23.8 Å². The van der Waals surface area contributed by atoms with E-state index in [0.717, 1.165) is 11.3 Å². The molecule has 0 saturated carbocycles. The Kier molecular flexibility index (Phi) is 6.11. The van der Waals surface area contributed by atoms with Crippen LogP contribution in [-0.4, -0.2) is 29.2 Å². The monoisotopic (exact) mass is 388 g/mol. The van der Waals surface area contributed by atoms with E-state index in [1.807, 2.05) is 26.0 Å². The molecule has 2 aromatic carbocycles. The van der Waals surface area contributed by atoms with Gasteiger partial charge in [0, 0.05) is 29.5 Å². The summed E-state index contributed by atoms with van der Waals surface area (Å²) in [4.78, 5) is 19.8. The van der Waals surface area contributed by atoms with Gasteiger partial charge in [-0.15, -0.1) is 0 Å². The first-order chi connectivity index (χ1) is 12.9. The number of carbonyl (C=O) groups excluding carboxylic acids is 1. The number of nitrogens with zero attached hydrogens (tertiary/aromatic N) is 2. The number of amides is 1. The van der Waals surface area contributed by atoms with Crippen molar-refractivity contribution < 1.29 is 14.0 Å². The minimum atomic E-state index is -0.315. The van der Waals surface area contributed by atoms with Crippen molar-refractivity contribution in [2.24, 2.45) is 11.1 Å². The molecule has 27 heavy (non-hydrogen) atoms. The fourth-order valence-corrected chi connectivity index (χ4v) is 3.14. The summed E-state index contributed by atoms with van der Waals surface area (Å²) in [5.41, 5.74) is 2.25. The Morgan fingerprint density at radius 3 is 2.63 bits per heavy atom. The third-order valence-electron chi connectivity index (χ3n) is 4.46. The molecule has 0 aliphatic carbocycles. The number of hydrogen-bond donors (Lipinski definition) is 0. The van der Waals surface area contributed by atoms with Crippen LogP contribution in [0.3, 0.4) is 0 Å². The van der Waals surface area contributed by atoms with Crippen LogP contribution in [-0.2, 0) is 16.2 Å². The molecular weight excluding hydrogens is 367 g/mol. The molecule has 0 N–H and O–H groups in total. The van der Waals surface area contributed by atoms with E-state index >= 15 is 0 Å². The maximum absolute atomic E-state index is 14.0. The third-order valence-corrected chi connectivity index (χ3v) is 4.71. The van der Waals surface area contributed by atoms with Gasteiger partial charge in [-0.3, -0.25) is 4.79 Å². The molecule has 4 nitrogen and oxygen atoms in total. The molecule has 1 atom stereocenters. The molecule has 1 aliphatic heterocycles. The number of hydrogen-bond acceptors (Lipinski definition) is 3. The van der Waals surface area contributed by atoms with Gasteiger partial charge in [-0.2, -0.15) is 0 Å². The minimum absolute atomic E-state index is 0.0400. The van der Waals surface area contributed by atoms with Gasteiger partial charge in [-0.1, -0.05) is 60.9 Å². The van der Waals surface area contributed by atoms with E-state index in [-0.39, 0.29) is 30.3 Å². The Morgan fingerprint density at radius 2 is 1.96 bits per heavy atom. The summed E-state index contributed by atoms with van der Waals surface area (Å²) >= 11 is 5.92. The fourth-order valence-electron chi connectivity index (χ4n) is 3.01. The van der Waals surface area contributed by atoms with Crippen molar-refractivity contribution in [3.05, 3.63) is 70.5 Å². The van der Waals surface area contributed by atoms with E-state index in [0.29, 0.717) is 23.6 Å². The zero-order valence-corrected chi connectivity index (χ0v) is 16.1. The van der Waals surface area contributed by atoms with Crippen molar-refractivity contribution in [2.75, 3.05) is 6.54 Å². The minimum Gasteiger partial charge on any atom is -0.390 e. The number of halogens is 2. The zero-order valence-electron chi connectivity index (χ0n) is 15.4. The van der Waals surface area contributed by atoms with Gasteiger partial charge < -0.3 is 9.74 Å². The third kappa shape index (κ3) is 4.86. The first-order valence-corrected chi connectivity index (χ1v) is 9.32. The second kappa shape index (κ2) is 8.53. The first-order valence-electron chi connectivity index (χ1n) is 8.95. The second-order valence-electron chi connectivity index (χ2n) is 6.94. The topological polar surface area (TPSA) is 41.9 Å². The Labute approximate surface area is 163 Å². The van der Waals surface area contributed by atoms with Crippen molar-refractivity contribution in [3.8, 4) is 0 Å². The van der Waals surface area contributed by atoms with Crippen LogP contribution in [0.4, 0.5) is 4.39 Å². The quantitative estimate of drug-likeness (QED) is 0.722. The highest BCUT2D eigenvalue weighted by atomic mass is 35.5. The molecule has 1 amide bonds. The lowest BCUT2D eigenvalue weighted by molar-refractivity contribution is -0.137. The molecule has 0 radical (unpaired) electrons. The number of oxime groups is 1. The average molecular weight is 389 g/mol. The molecule has 1 aliphatic rings. The van der Waals surface area contributed by atoms with Gasteiger partial charge >= 0.3 is 0 Å². The normalized spacial score (nSPS) is 16.2. The summed E-state index contributed by atoms with van der Waals surface area (Å²) in [5.74, 6) is -0.541. The van der Waals surface area contributed by atoms with Crippen LogP contribution in [0.5, 0.6) is 0 Å². The summed E-state index contributed by atoms with van der Waals surface area (Å²) in [6.07, 6.45) is 0.325. The van der Waals surface area contributed by atoms with Gasteiger partial charge in [0.25, 0.3) is 0 Å². The van der Waals surface area contributed by atoms with E-state index in [2.05, 4.69) is 5.16 Å². The van der Waals surface area contributed by atoms with Crippen molar-refractivity contribution in [1.29, 1.82) is 0 Å². The molecule has 1 heterocycles. The smallest absolute Gasteiger partial charge is 0.225 e. The molecular formula is C21H22ClFN2O2. The van der Waals surface area contributed by atoms with Crippen LogP contribution < -0.4 is 0 Å². The Morgan fingerprint density at radius 1 is 1.26 bits per heavy atom. The maximum atomic E-state index is 14.0. The molecule has 0 unspecified atom stereocenters. The maximum Gasteiger partial charge on any atom is 0.225 e. The van der Waals surface area contributed by atoms with E-state index in [9.17, 15) is 9.18 Å². The highest BCUT2D eigenvalue weighted by Crippen LogP contribution is 2.21. The van der Waals surface area contributed by atoms with Crippen molar-refractivity contribution in [2.45, 2.75) is 32.9 Å². The van der Waals surface area contributed by atoms with Crippen molar-refractivity contribution in [1.82, 2.24) is 4.90 Å². The highest BCUT2D eigenvalue weighted by molar-refractivity contribution is 6.30. The van der Waals surface area contributed by atoms with Crippen molar-refractivity contribution in [3.63, 3.8) is 0 Å². The number of rotatable bonds is 6. The van der Waals surface area contributed by atoms with Crippen LogP contribution in [0.2, 0.25) is 5.02 Å². The number of benzene rings is 2. The summed E-state index contributed by atoms with van der Waals surface area (Å²) in [6, 6.07) is 13.9. The summed E-state index contributed by atoms with van der Waals surface area (Å²) in [7, 11) is 0. The molecule has 0 spiro atoms. The van der Waals surface area contributed by atoms with Crippen LogP contribution in [0.1, 0.15) is 31.4 Å². The van der Waals surface area contributed by atoms with Gasteiger partial charge in [0.05, 0.1) is 12.3 Å². The summed E-state index contributed by atoms with van der Waals surface area (Å²) in [5, 5.41) is 4.82. The standard InChI is InChI=1S/C21H22ClFN2O2/c1-14(2)21(26)25(12-16-5-3-4-6-19(16)23)13-18-11-20(24-27-18)15-7-9-17(22)10-8-15/h3-10,14,18H,11-13H2,1-2H3/t18-/m1/s1. The summed E-state index contributed by atoms with van der Waals surface area (Å²) in [6.45, 7) is 4.23. The van der Waals surface area contributed by atoms with Gasteiger partial charge in [0.2, 0.25) is 5.91 Å². The SMILES string of the molecule is CC(C)C(=O)N(Cc1ccccc1F)C[C@H]1CC(c2ccc(Cl)cc2)=NO1. The number of carbonyl (C=O) groups is 1. The lowest BCUT2D eigenvalue weighted by Gasteiger charge is -2.26. The van der Waals surface area contributed by atoms with Crippen molar-refractivity contribution >= 4 is 23.2 Å². The molecule has 6 heteroatoms. The van der Waals surface area contributed by atoms with Crippen LogP contribution in [0.15, 0.2) is 53.7 Å². The fraction of sp³-hybridized carbons (Fsp3) is 0.333. The Bertz CT molecular complexity index is 836. The highest BCUT2D eigenvalue weighted by Gasteiger charge is 2.28. The molecule has 3 rings (SSSR count). The summed E-state index contributed by atoms with van der Waals surface area (Å²) < 4.78 is 14.0. The van der Waals surface area contributed by atoms with Gasteiger partial charge in [0.1, 0.15) is 5.82 Å². The van der Waals surface area contributed by atoms with Crippen LogP contribution in [0.25, 0.3) is 0 Å².